The van der Waals surface area contributed by atoms with Crippen LogP contribution in [0.5, 0.6) is 5.75 Å². The quantitative estimate of drug-likeness (QED) is 0.669. The zero-order valence-electron chi connectivity index (χ0n) is 16.8. The van der Waals surface area contributed by atoms with Gasteiger partial charge in [0, 0.05) is 26.2 Å². The molecule has 0 unspecified atom stereocenters. The number of rotatable bonds is 5. The van der Waals surface area contributed by atoms with E-state index in [9.17, 15) is 4.79 Å². The molecule has 1 saturated heterocycles. The molecule has 0 spiro atoms. The molecule has 1 aromatic heterocycles. The monoisotopic (exact) mass is 391 g/mol. The lowest BCUT2D eigenvalue weighted by Gasteiger charge is -2.36. The third-order valence-corrected chi connectivity index (χ3v) is 5.35. The smallest absolute Gasteiger partial charge is 0.276 e. The molecule has 0 aliphatic carbocycles. The second-order valence-electron chi connectivity index (χ2n) is 7.12. The first-order chi connectivity index (χ1) is 14.2. The Bertz CT molecular complexity index is 978. The SMILES string of the molecule is COc1ccccc1N1CCN(C(=O)c2nnn(Cc3ccccc3)c2C)CC1. The molecule has 0 bridgehead atoms. The van der Waals surface area contributed by atoms with Crippen LogP contribution in [0.4, 0.5) is 5.69 Å². The normalized spacial score (nSPS) is 14.1. The van der Waals surface area contributed by atoms with Crippen LogP contribution in [0.25, 0.3) is 0 Å². The van der Waals surface area contributed by atoms with Crippen LogP contribution >= 0.6 is 0 Å². The highest BCUT2D eigenvalue weighted by Crippen LogP contribution is 2.28. The number of nitrogens with zero attached hydrogens (tertiary/aromatic N) is 5. The van der Waals surface area contributed by atoms with Crippen molar-refractivity contribution < 1.29 is 9.53 Å². The Morgan fingerprint density at radius 1 is 1.00 bits per heavy atom. The Labute approximate surface area is 170 Å². The van der Waals surface area contributed by atoms with Gasteiger partial charge < -0.3 is 14.5 Å². The van der Waals surface area contributed by atoms with Crippen molar-refractivity contribution in [3.8, 4) is 5.75 Å². The number of para-hydroxylation sites is 2. The summed E-state index contributed by atoms with van der Waals surface area (Å²) in [6.45, 7) is 5.30. The number of piperazine rings is 1. The molecule has 3 aromatic rings. The van der Waals surface area contributed by atoms with E-state index >= 15 is 0 Å². The number of amides is 1. The number of hydrogen-bond acceptors (Lipinski definition) is 5. The van der Waals surface area contributed by atoms with Crippen molar-refractivity contribution in [2.24, 2.45) is 0 Å². The van der Waals surface area contributed by atoms with Crippen molar-refractivity contribution in [2.45, 2.75) is 13.5 Å². The first-order valence-corrected chi connectivity index (χ1v) is 9.78. The Kier molecular flexibility index (Phi) is 5.46. The van der Waals surface area contributed by atoms with E-state index in [2.05, 4.69) is 21.3 Å². The number of hydrogen-bond donors (Lipinski definition) is 0. The molecule has 1 aliphatic heterocycles. The van der Waals surface area contributed by atoms with Gasteiger partial charge in [-0.05, 0) is 24.6 Å². The number of aromatic nitrogens is 3. The highest BCUT2D eigenvalue weighted by molar-refractivity contribution is 5.93. The molecule has 1 fully saturated rings. The van der Waals surface area contributed by atoms with Crippen LogP contribution < -0.4 is 9.64 Å². The highest BCUT2D eigenvalue weighted by Gasteiger charge is 2.27. The summed E-state index contributed by atoms with van der Waals surface area (Å²) >= 11 is 0. The van der Waals surface area contributed by atoms with Crippen molar-refractivity contribution in [2.75, 3.05) is 38.2 Å². The number of methoxy groups -OCH3 is 1. The summed E-state index contributed by atoms with van der Waals surface area (Å²) in [6, 6.07) is 18.0. The van der Waals surface area contributed by atoms with Gasteiger partial charge in [0.2, 0.25) is 0 Å². The Balaban J connectivity index is 1.42. The van der Waals surface area contributed by atoms with Crippen molar-refractivity contribution in [1.82, 2.24) is 19.9 Å². The predicted octanol–water partition coefficient (Wildman–Crippen LogP) is 2.61. The van der Waals surface area contributed by atoms with E-state index in [0.717, 1.165) is 35.8 Å². The van der Waals surface area contributed by atoms with Gasteiger partial charge in [-0.15, -0.1) is 5.10 Å². The molecule has 0 N–H and O–H groups in total. The molecule has 7 heteroatoms. The Hall–Kier alpha value is -3.35. The van der Waals surface area contributed by atoms with E-state index in [0.29, 0.717) is 25.3 Å². The summed E-state index contributed by atoms with van der Waals surface area (Å²) in [5.41, 5.74) is 3.43. The van der Waals surface area contributed by atoms with Gasteiger partial charge in [-0.1, -0.05) is 47.7 Å². The number of benzene rings is 2. The Morgan fingerprint density at radius 2 is 1.69 bits per heavy atom. The summed E-state index contributed by atoms with van der Waals surface area (Å²) < 4.78 is 7.25. The van der Waals surface area contributed by atoms with Crippen molar-refractivity contribution in [1.29, 1.82) is 0 Å². The lowest BCUT2D eigenvalue weighted by Crippen LogP contribution is -2.49. The molecule has 7 nitrogen and oxygen atoms in total. The van der Waals surface area contributed by atoms with Crippen LogP contribution in [0.2, 0.25) is 0 Å². The van der Waals surface area contributed by atoms with E-state index in [-0.39, 0.29) is 5.91 Å². The van der Waals surface area contributed by atoms with Gasteiger partial charge in [0.15, 0.2) is 5.69 Å². The largest absolute Gasteiger partial charge is 0.495 e. The van der Waals surface area contributed by atoms with Gasteiger partial charge in [-0.2, -0.15) is 0 Å². The molecule has 2 aromatic carbocycles. The second kappa shape index (κ2) is 8.34. The molecule has 1 amide bonds. The van der Waals surface area contributed by atoms with Crippen molar-refractivity contribution in [3.05, 3.63) is 71.5 Å². The molecule has 29 heavy (non-hydrogen) atoms. The molecular weight excluding hydrogens is 366 g/mol. The zero-order valence-corrected chi connectivity index (χ0v) is 16.8. The van der Waals surface area contributed by atoms with Gasteiger partial charge in [0.25, 0.3) is 5.91 Å². The lowest BCUT2D eigenvalue weighted by atomic mass is 10.2. The minimum absolute atomic E-state index is 0.0542. The van der Waals surface area contributed by atoms with E-state index in [4.69, 9.17) is 4.74 Å². The van der Waals surface area contributed by atoms with Crippen LogP contribution in [-0.2, 0) is 6.54 Å². The molecular formula is C22H25N5O2. The van der Waals surface area contributed by atoms with E-state index in [1.54, 1.807) is 11.8 Å². The number of carbonyl (C=O) groups is 1. The Morgan fingerprint density at radius 3 is 2.41 bits per heavy atom. The van der Waals surface area contributed by atoms with E-state index in [1.807, 2.05) is 60.4 Å². The average Bonchev–Trinajstić information content (AvgIpc) is 3.14. The fraction of sp³-hybridized carbons (Fsp3) is 0.318. The summed E-state index contributed by atoms with van der Waals surface area (Å²) in [7, 11) is 1.68. The second-order valence-corrected chi connectivity index (χ2v) is 7.12. The van der Waals surface area contributed by atoms with Gasteiger partial charge in [-0.3, -0.25) is 4.79 Å². The fourth-order valence-electron chi connectivity index (χ4n) is 3.66. The summed E-state index contributed by atoms with van der Waals surface area (Å²) in [5.74, 6) is 0.800. The standard InChI is InChI=1S/C22H25N5O2/c1-17-21(23-24-27(17)16-18-8-4-3-5-9-18)22(28)26-14-12-25(13-15-26)19-10-6-7-11-20(19)29-2/h3-11H,12-16H2,1-2H3. The van der Waals surface area contributed by atoms with Crippen LogP contribution in [0.15, 0.2) is 54.6 Å². The van der Waals surface area contributed by atoms with Crippen LogP contribution in [0.1, 0.15) is 21.7 Å². The zero-order chi connectivity index (χ0) is 20.2. The maximum Gasteiger partial charge on any atom is 0.276 e. The van der Waals surface area contributed by atoms with Crippen LogP contribution in [0.3, 0.4) is 0 Å². The molecule has 0 saturated carbocycles. The molecule has 2 heterocycles. The maximum absolute atomic E-state index is 13.0. The van der Waals surface area contributed by atoms with E-state index < -0.39 is 0 Å². The minimum atomic E-state index is -0.0542. The molecule has 4 rings (SSSR count). The van der Waals surface area contributed by atoms with Gasteiger partial charge in [-0.25, -0.2) is 4.68 Å². The van der Waals surface area contributed by atoms with Crippen molar-refractivity contribution >= 4 is 11.6 Å². The number of anilines is 1. The molecule has 0 radical (unpaired) electrons. The molecule has 0 atom stereocenters. The van der Waals surface area contributed by atoms with Crippen LogP contribution in [-0.4, -0.2) is 59.1 Å². The minimum Gasteiger partial charge on any atom is -0.495 e. The topological polar surface area (TPSA) is 63.5 Å². The highest BCUT2D eigenvalue weighted by atomic mass is 16.5. The predicted molar refractivity (Wildman–Crippen MR) is 111 cm³/mol. The van der Waals surface area contributed by atoms with E-state index in [1.165, 1.54) is 0 Å². The van der Waals surface area contributed by atoms with Gasteiger partial charge >= 0.3 is 0 Å². The molecule has 150 valence electrons. The van der Waals surface area contributed by atoms with Gasteiger partial charge in [0.1, 0.15) is 5.75 Å². The maximum atomic E-state index is 13.0. The summed E-state index contributed by atoms with van der Waals surface area (Å²) in [6.07, 6.45) is 0. The van der Waals surface area contributed by atoms with Crippen LogP contribution in [0, 0.1) is 6.92 Å². The number of carbonyl (C=O) groups excluding carboxylic acids is 1. The average molecular weight is 391 g/mol. The summed E-state index contributed by atoms with van der Waals surface area (Å²) in [4.78, 5) is 17.1. The molecule has 1 aliphatic rings. The third-order valence-electron chi connectivity index (χ3n) is 5.35. The fourth-order valence-corrected chi connectivity index (χ4v) is 3.66. The van der Waals surface area contributed by atoms with Gasteiger partial charge in [0.05, 0.1) is 25.0 Å². The van der Waals surface area contributed by atoms with Crippen molar-refractivity contribution in [3.63, 3.8) is 0 Å². The number of ether oxygens (including phenoxy) is 1. The first-order valence-electron chi connectivity index (χ1n) is 9.78. The summed E-state index contributed by atoms with van der Waals surface area (Å²) in [5, 5.41) is 8.38. The first kappa shape index (κ1) is 19.0. The lowest BCUT2D eigenvalue weighted by molar-refractivity contribution is 0.0740. The third kappa shape index (κ3) is 3.94.